The fourth-order valence-corrected chi connectivity index (χ4v) is 5.38. The molecule has 0 amide bonds. The molecule has 0 N–H and O–H groups in total. The van der Waals surface area contributed by atoms with E-state index in [9.17, 15) is 8.42 Å². The lowest BCUT2D eigenvalue weighted by atomic mass is 10.2. The largest absolute Gasteiger partial charge is 0.368 e. The number of benzene rings is 2. The van der Waals surface area contributed by atoms with Crippen LogP contribution in [0.25, 0.3) is 0 Å². The molecule has 0 aromatic heterocycles. The minimum absolute atomic E-state index is 0.00462. The number of hydrogen-bond acceptors (Lipinski definition) is 5. The molecule has 148 valence electrons. The normalized spacial score (nSPS) is 17.8. The van der Waals surface area contributed by atoms with Gasteiger partial charge in [-0.05, 0) is 23.8 Å². The fourth-order valence-electron chi connectivity index (χ4n) is 3.64. The van der Waals surface area contributed by atoms with Crippen LogP contribution in [0.4, 0.5) is 5.69 Å². The van der Waals surface area contributed by atoms with Gasteiger partial charge in [0.05, 0.1) is 18.8 Å². The van der Waals surface area contributed by atoms with E-state index in [0.717, 1.165) is 42.5 Å². The summed E-state index contributed by atoms with van der Waals surface area (Å²) >= 11 is 6.10. The first kappa shape index (κ1) is 19.1. The summed E-state index contributed by atoms with van der Waals surface area (Å²) in [5, 5.41) is 0.721. The van der Waals surface area contributed by atoms with Gasteiger partial charge in [0.15, 0.2) is 0 Å². The Morgan fingerprint density at radius 1 is 0.893 bits per heavy atom. The van der Waals surface area contributed by atoms with E-state index < -0.39 is 10.0 Å². The van der Waals surface area contributed by atoms with Gasteiger partial charge in [-0.2, -0.15) is 0 Å². The second kappa shape index (κ2) is 8.01. The number of rotatable bonds is 4. The third-order valence-corrected chi connectivity index (χ3v) is 6.99. The van der Waals surface area contributed by atoms with E-state index in [-0.39, 0.29) is 5.75 Å². The molecule has 6 nitrogen and oxygen atoms in total. The number of piperazine rings is 1. The van der Waals surface area contributed by atoms with Gasteiger partial charge in [-0.3, -0.25) is 4.99 Å². The molecule has 28 heavy (non-hydrogen) atoms. The van der Waals surface area contributed by atoms with Crippen LogP contribution in [0.2, 0.25) is 5.02 Å². The van der Waals surface area contributed by atoms with Crippen molar-refractivity contribution in [2.24, 2.45) is 4.99 Å². The van der Waals surface area contributed by atoms with Crippen LogP contribution >= 0.6 is 11.6 Å². The zero-order valence-corrected chi connectivity index (χ0v) is 17.1. The molecule has 0 aliphatic carbocycles. The van der Waals surface area contributed by atoms with Crippen molar-refractivity contribution >= 4 is 33.3 Å². The molecule has 2 heterocycles. The molecule has 0 unspecified atom stereocenters. The Balaban J connectivity index is 1.43. The van der Waals surface area contributed by atoms with E-state index in [1.807, 2.05) is 54.6 Å². The monoisotopic (exact) mass is 418 g/mol. The Hall–Kier alpha value is -2.25. The van der Waals surface area contributed by atoms with Crippen molar-refractivity contribution in [3.05, 3.63) is 65.2 Å². The number of hydrogen-bond donors (Lipinski definition) is 0. The van der Waals surface area contributed by atoms with Crippen LogP contribution in [0.1, 0.15) is 5.56 Å². The highest BCUT2D eigenvalue weighted by molar-refractivity contribution is 7.88. The summed E-state index contributed by atoms with van der Waals surface area (Å²) in [7, 11) is -3.45. The molecule has 0 bridgehead atoms. The quantitative estimate of drug-likeness (QED) is 0.766. The molecule has 0 radical (unpaired) electrons. The van der Waals surface area contributed by atoms with Gasteiger partial charge in [-0.15, -0.1) is 0 Å². The first-order valence-corrected chi connectivity index (χ1v) is 11.4. The van der Waals surface area contributed by atoms with Gasteiger partial charge in [0.25, 0.3) is 0 Å². The first-order valence-electron chi connectivity index (χ1n) is 9.37. The molecular formula is C20H23ClN4O2S. The second-order valence-corrected chi connectivity index (χ2v) is 9.28. The number of aliphatic imine (C=N–C) groups is 1. The molecule has 2 aromatic rings. The highest BCUT2D eigenvalue weighted by Crippen LogP contribution is 2.22. The Bertz CT molecular complexity index is 957. The predicted octanol–water partition coefficient (Wildman–Crippen LogP) is 2.66. The molecule has 2 aliphatic heterocycles. The Morgan fingerprint density at radius 2 is 1.61 bits per heavy atom. The second-order valence-electron chi connectivity index (χ2n) is 6.95. The number of anilines is 1. The van der Waals surface area contributed by atoms with Crippen LogP contribution in [-0.4, -0.2) is 62.9 Å². The highest BCUT2D eigenvalue weighted by Gasteiger charge is 2.33. The van der Waals surface area contributed by atoms with Crippen molar-refractivity contribution in [1.82, 2.24) is 9.21 Å². The summed E-state index contributed by atoms with van der Waals surface area (Å²) in [5.74, 6) is 0.580. The first-order chi connectivity index (χ1) is 13.5. The molecule has 1 saturated heterocycles. The Labute approximate surface area is 171 Å². The standard InChI is InChI=1S/C20H23ClN4O2S/c21-18-7-4-8-19(15-18)23-11-13-24(14-12-23)20-22-9-10-25(20)28(26,27)16-17-5-2-1-3-6-17/h1-8,15H,9-14,16H2. The summed E-state index contributed by atoms with van der Waals surface area (Å²) in [6.07, 6.45) is 0. The van der Waals surface area contributed by atoms with Crippen molar-refractivity contribution in [1.29, 1.82) is 0 Å². The van der Waals surface area contributed by atoms with Gasteiger partial charge in [0.1, 0.15) is 0 Å². The molecular weight excluding hydrogens is 396 g/mol. The number of guanidine groups is 1. The van der Waals surface area contributed by atoms with Gasteiger partial charge in [0.2, 0.25) is 16.0 Å². The lowest BCUT2D eigenvalue weighted by Gasteiger charge is -2.39. The van der Waals surface area contributed by atoms with E-state index >= 15 is 0 Å². The number of halogens is 1. The molecule has 0 spiro atoms. The molecule has 2 aliphatic rings. The Morgan fingerprint density at radius 3 is 2.32 bits per heavy atom. The maximum Gasteiger partial charge on any atom is 0.241 e. The molecule has 0 atom stereocenters. The summed E-state index contributed by atoms with van der Waals surface area (Å²) < 4.78 is 27.4. The van der Waals surface area contributed by atoms with Crippen molar-refractivity contribution in [2.45, 2.75) is 5.75 Å². The van der Waals surface area contributed by atoms with E-state index in [0.29, 0.717) is 19.0 Å². The summed E-state index contributed by atoms with van der Waals surface area (Å²) in [6, 6.07) is 17.1. The highest BCUT2D eigenvalue weighted by atomic mass is 35.5. The number of nitrogens with zero attached hydrogens (tertiary/aromatic N) is 4. The molecule has 4 rings (SSSR count). The van der Waals surface area contributed by atoms with Crippen LogP contribution in [0.5, 0.6) is 0 Å². The smallest absolute Gasteiger partial charge is 0.241 e. The molecule has 8 heteroatoms. The SMILES string of the molecule is O=S(=O)(Cc1ccccc1)N1CCN=C1N1CCN(c2cccc(Cl)c2)CC1. The molecule has 2 aromatic carbocycles. The van der Waals surface area contributed by atoms with E-state index in [2.05, 4.69) is 14.8 Å². The van der Waals surface area contributed by atoms with Gasteiger partial charge >= 0.3 is 0 Å². The van der Waals surface area contributed by atoms with Crippen LogP contribution in [0.15, 0.2) is 59.6 Å². The zero-order valence-electron chi connectivity index (χ0n) is 15.5. The van der Waals surface area contributed by atoms with Crippen LogP contribution in [-0.2, 0) is 15.8 Å². The van der Waals surface area contributed by atoms with Crippen molar-refractivity contribution in [3.8, 4) is 0 Å². The zero-order chi connectivity index (χ0) is 19.6. The fraction of sp³-hybridized carbons (Fsp3) is 0.350. The molecule has 0 saturated carbocycles. The van der Waals surface area contributed by atoms with Gasteiger partial charge in [-0.1, -0.05) is 48.0 Å². The molecule has 1 fully saturated rings. The van der Waals surface area contributed by atoms with E-state index in [1.165, 1.54) is 4.31 Å². The third kappa shape index (κ3) is 4.10. The maximum atomic E-state index is 13.0. The maximum absolute atomic E-state index is 13.0. The Kier molecular flexibility index (Phi) is 5.46. The number of sulfonamides is 1. The topological polar surface area (TPSA) is 56.2 Å². The third-order valence-electron chi connectivity index (χ3n) is 5.04. The van der Waals surface area contributed by atoms with Crippen molar-refractivity contribution in [3.63, 3.8) is 0 Å². The average molecular weight is 419 g/mol. The summed E-state index contributed by atoms with van der Waals surface area (Å²) in [5.41, 5.74) is 1.88. The van der Waals surface area contributed by atoms with Crippen molar-refractivity contribution in [2.75, 3.05) is 44.2 Å². The van der Waals surface area contributed by atoms with Crippen LogP contribution < -0.4 is 4.90 Å². The summed E-state index contributed by atoms with van der Waals surface area (Å²) in [4.78, 5) is 8.85. The minimum atomic E-state index is -3.45. The minimum Gasteiger partial charge on any atom is -0.368 e. The predicted molar refractivity (Wildman–Crippen MR) is 113 cm³/mol. The van der Waals surface area contributed by atoms with Gasteiger partial charge in [-0.25, -0.2) is 12.7 Å². The van der Waals surface area contributed by atoms with Crippen molar-refractivity contribution < 1.29 is 8.42 Å². The van der Waals surface area contributed by atoms with Gasteiger partial charge in [0, 0.05) is 36.9 Å². The average Bonchev–Trinajstić information content (AvgIpc) is 3.20. The lowest BCUT2D eigenvalue weighted by molar-refractivity contribution is 0.358. The van der Waals surface area contributed by atoms with Gasteiger partial charge < -0.3 is 9.80 Å². The van der Waals surface area contributed by atoms with E-state index in [4.69, 9.17) is 11.6 Å². The van der Waals surface area contributed by atoms with Crippen LogP contribution in [0, 0.1) is 0 Å². The van der Waals surface area contributed by atoms with E-state index in [1.54, 1.807) is 0 Å². The van der Waals surface area contributed by atoms with Crippen LogP contribution in [0.3, 0.4) is 0 Å². The lowest BCUT2D eigenvalue weighted by Crippen LogP contribution is -2.53. The summed E-state index contributed by atoms with van der Waals surface area (Å²) in [6.45, 7) is 3.97.